The molecular formula is C13H14N4O4. The molecule has 0 saturated heterocycles. The summed E-state index contributed by atoms with van der Waals surface area (Å²) in [4.78, 5) is 23.6. The minimum Gasteiger partial charge on any atom is -0.465 e. The number of furan rings is 1. The molecule has 0 aromatic carbocycles. The number of rotatable bonds is 2. The monoisotopic (exact) mass is 290 g/mol. The minimum atomic E-state index is -0.571. The van der Waals surface area contributed by atoms with Gasteiger partial charge in [0.2, 0.25) is 0 Å². The van der Waals surface area contributed by atoms with Crippen molar-refractivity contribution in [3.63, 3.8) is 0 Å². The number of nitrogens with zero attached hydrogens (tertiary/aromatic N) is 1. The maximum Gasteiger partial charge on any atom is 0.341 e. The first-order valence-corrected chi connectivity index (χ1v) is 6.32. The number of nitrogens with one attached hydrogen (secondary N) is 3. The second-order valence-corrected chi connectivity index (χ2v) is 4.73. The van der Waals surface area contributed by atoms with E-state index in [1.54, 1.807) is 13.0 Å². The van der Waals surface area contributed by atoms with E-state index in [0.717, 1.165) is 5.69 Å². The summed E-state index contributed by atoms with van der Waals surface area (Å²) < 4.78 is 10.2. The third-order valence-electron chi connectivity index (χ3n) is 3.35. The number of aromatic nitrogens is 2. The quantitative estimate of drug-likeness (QED) is 0.718. The van der Waals surface area contributed by atoms with E-state index in [2.05, 4.69) is 25.6 Å². The number of fused-ring (bicyclic) bond motifs is 1. The van der Waals surface area contributed by atoms with Crippen molar-refractivity contribution >= 4 is 17.6 Å². The number of carbonyl (C=O) groups is 2. The van der Waals surface area contributed by atoms with Crippen LogP contribution in [0.2, 0.25) is 0 Å². The Morgan fingerprint density at radius 3 is 2.86 bits per heavy atom. The maximum atomic E-state index is 12.0. The molecule has 8 nitrogen and oxygen atoms in total. The number of methoxy groups -OCH3 is 1. The normalized spacial score (nSPS) is 16.9. The fraction of sp³-hybridized carbons (Fsp3) is 0.308. The van der Waals surface area contributed by atoms with Crippen LogP contribution in [0.25, 0.3) is 0 Å². The van der Waals surface area contributed by atoms with E-state index in [1.807, 2.05) is 6.92 Å². The van der Waals surface area contributed by atoms with Crippen LogP contribution in [0, 0.1) is 13.8 Å². The van der Waals surface area contributed by atoms with Gasteiger partial charge >= 0.3 is 5.97 Å². The fourth-order valence-electron chi connectivity index (χ4n) is 2.25. The summed E-state index contributed by atoms with van der Waals surface area (Å²) >= 11 is 0. The number of ether oxygens (including phenoxy) is 1. The molecule has 110 valence electrons. The largest absolute Gasteiger partial charge is 0.465 e. The SMILES string of the molecule is COC(=O)c1cc([C@H]2NC(=O)c3n[nH]c(C)c3N2)oc1C. The smallest absolute Gasteiger partial charge is 0.341 e. The molecule has 3 rings (SSSR count). The van der Waals surface area contributed by atoms with Crippen LogP contribution in [0.5, 0.6) is 0 Å². The van der Waals surface area contributed by atoms with E-state index in [-0.39, 0.29) is 5.91 Å². The molecule has 21 heavy (non-hydrogen) atoms. The molecule has 0 bridgehead atoms. The molecule has 0 fully saturated rings. The first-order chi connectivity index (χ1) is 10.0. The number of amides is 1. The number of hydrogen-bond donors (Lipinski definition) is 3. The second kappa shape index (κ2) is 4.65. The Kier molecular flexibility index (Phi) is 2.93. The average Bonchev–Trinajstić information content (AvgIpc) is 3.02. The van der Waals surface area contributed by atoms with Crippen molar-refractivity contribution in [3.8, 4) is 0 Å². The van der Waals surface area contributed by atoms with Gasteiger partial charge in [0.1, 0.15) is 17.1 Å². The molecule has 1 amide bonds. The van der Waals surface area contributed by atoms with E-state index < -0.39 is 12.1 Å². The van der Waals surface area contributed by atoms with Crippen LogP contribution in [-0.2, 0) is 4.74 Å². The van der Waals surface area contributed by atoms with Gasteiger partial charge in [-0.3, -0.25) is 9.89 Å². The summed E-state index contributed by atoms with van der Waals surface area (Å²) in [5.74, 6) is 0.0618. The number of H-pyrrole nitrogens is 1. The predicted octanol–water partition coefficient (Wildman–Crippen LogP) is 1.26. The van der Waals surface area contributed by atoms with Crippen LogP contribution in [-0.4, -0.2) is 29.2 Å². The number of anilines is 1. The third-order valence-corrected chi connectivity index (χ3v) is 3.35. The predicted molar refractivity (Wildman–Crippen MR) is 71.9 cm³/mol. The lowest BCUT2D eigenvalue weighted by molar-refractivity contribution is 0.0598. The number of aromatic amines is 1. The Hall–Kier alpha value is -2.77. The lowest BCUT2D eigenvalue weighted by atomic mass is 10.2. The molecule has 3 N–H and O–H groups in total. The van der Waals surface area contributed by atoms with Crippen molar-refractivity contribution in [3.05, 3.63) is 34.5 Å². The molecule has 1 aliphatic rings. The van der Waals surface area contributed by atoms with Gasteiger partial charge in [-0.1, -0.05) is 0 Å². The Labute approximate surface area is 119 Å². The van der Waals surface area contributed by atoms with Crippen LogP contribution in [0.3, 0.4) is 0 Å². The summed E-state index contributed by atoms with van der Waals surface area (Å²) in [5.41, 5.74) is 2.01. The summed E-state index contributed by atoms with van der Waals surface area (Å²) in [6.07, 6.45) is -0.571. The highest BCUT2D eigenvalue weighted by atomic mass is 16.5. The van der Waals surface area contributed by atoms with Gasteiger partial charge in [0.05, 0.1) is 18.5 Å². The van der Waals surface area contributed by atoms with Crippen molar-refractivity contribution < 1.29 is 18.7 Å². The lowest BCUT2D eigenvalue weighted by Crippen LogP contribution is -2.38. The van der Waals surface area contributed by atoms with Crippen LogP contribution in [0.4, 0.5) is 5.69 Å². The van der Waals surface area contributed by atoms with E-state index >= 15 is 0 Å². The summed E-state index contributed by atoms with van der Waals surface area (Å²) in [5, 5.41) is 12.5. The Morgan fingerprint density at radius 1 is 1.38 bits per heavy atom. The van der Waals surface area contributed by atoms with Crippen LogP contribution >= 0.6 is 0 Å². The van der Waals surface area contributed by atoms with Gasteiger partial charge in [0, 0.05) is 0 Å². The summed E-state index contributed by atoms with van der Waals surface area (Å²) in [7, 11) is 1.30. The first kappa shape index (κ1) is 13.2. The van der Waals surface area contributed by atoms with Gasteiger partial charge in [0.15, 0.2) is 11.9 Å². The van der Waals surface area contributed by atoms with Crippen LogP contribution < -0.4 is 10.6 Å². The number of hydrogen-bond acceptors (Lipinski definition) is 6. The van der Waals surface area contributed by atoms with Crippen molar-refractivity contribution in [1.29, 1.82) is 0 Å². The zero-order valence-electron chi connectivity index (χ0n) is 11.7. The van der Waals surface area contributed by atoms with Gasteiger partial charge < -0.3 is 19.8 Å². The Morgan fingerprint density at radius 2 is 2.14 bits per heavy atom. The number of esters is 1. The minimum absolute atomic E-state index is 0.306. The Bertz CT molecular complexity index is 731. The van der Waals surface area contributed by atoms with Crippen LogP contribution in [0.15, 0.2) is 10.5 Å². The number of carbonyl (C=O) groups excluding carboxylic acids is 2. The standard InChI is InChI=1S/C13H14N4O4/c1-5-9-10(17-16-5)12(18)15-11(14-9)8-4-7(6(2)21-8)13(19)20-3/h4,11,14H,1-3H3,(H,15,18)(H,16,17)/t11-/m1/s1. The van der Waals surface area contributed by atoms with E-state index in [4.69, 9.17) is 4.42 Å². The molecule has 0 spiro atoms. The highest BCUT2D eigenvalue weighted by Crippen LogP contribution is 2.29. The molecular weight excluding hydrogens is 276 g/mol. The zero-order chi connectivity index (χ0) is 15.1. The molecule has 8 heteroatoms. The van der Waals surface area contributed by atoms with Gasteiger partial charge in [-0.2, -0.15) is 5.10 Å². The summed E-state index contributed by atoms with van der Waals surface area (Å²) in [6.45, 7) is 3.47. The second-order valence-electron chi connectivity index (χ2n) is 4.73. The molecule has 0 unspecified atom stereocenters. The zero-order valence-corrected chi connectivity index (χ0v) is 11.7. The highest BCUT2D eigenvalue weighted by molar-refractivity contribution is 6.00. The fourth-order valence-corrected chi connectivity index (χ4v) is 2.25. The maximum absolute atomic E-state index is 12.0. The molecule has 1 atom stereocenters. The van der Waals surface area contributed by atoms with Crippen molar-refractivity contribution in [2.45, 2.75) is 20.0 Å². The topological polar surface area (TPSA) is 109 Å². The van der Waals surface area contributed by atoms with Gasteiger partial charge in [-0.15, -0.1) is 0 Å². The molecule has 2 aromatic heterocycles. The molecule has 0 aliphatic carbocycles. The van der Waals surface area contributed by atoms with Gasteiger partial charge in [0.25, 0.3) is 5.91 Å². The van der Waals surface area contributed by atoms with Gasteiger partial charge in [-0.25, -0.2) is 4.79 Å². The molecule has 0 radical (unpaired) electrons. The highest BCUT2D eigenvalue weighted by Gasteiger charge is 2.31. The van der Waals surface area contributed by atoms with E-state index in [9.17, 15) is 9.59 Å². The summed E-state index contributed by atoms with van der Waals surface area (Å²) in [6, 6.07) is 1.56. The van der Waals surface area contributed by atoms with E-state index in [0.29, 0.717) is 28.5 Å². The number of aryl methyl sites for hydroxylation is 2. The molecule has 3 heterocycles. The Balaban J connectivity index is 1.94. The van der Waals surface area contributed by atoms with Crippen LogP contribution in [0.1, 0.15) is 44.2 Å². The molecule has 2 aromatic rings. The van der Waals surface area contributed by atoms with Crippen molar-refractivity contribution in [2.24, 2.45) is 0 Å². The third kappa shape index (κ3) is 2.04. The molecule has 1 aliphatic heterocycles. The van der Waals surface area contributed by atoms with E-state index in [1.165, 1.54) is 7.11 Å². The molecule has 0 saturated carbocycles. The first-order valence-electron chi connectivity index (χ1n) is 6.32. The van der Waals surface area contributed by atoms with Crippen molar-refractivity contribution in [2.75, 3.05) is 12.4 Å². The average molecular weight is 290 g/mol. The van der Waals surface area contributed by atoms with Gasteiger partial charge in [-0.05, 0) is 19.9 Å². The lowest BCUT2D eigenvalue weighted by Gasteiger charge is -2.23. The van der Waals surface area contributed by atoms with Crippen molar-refractivity contribution in [1.82, 2.24) is 15.5 Å².